The van der Waals surface area contributed by atoms with E-state index >= 15 is 0 Å². The quantitative estimate of drug-likeness (QED) is 0.757. The van der Waals surface area contributed by atoms with E-state index in [-0.39, 0.29) is 12.2 Å². The van der Waals surface area contributed by atoms with Crippen LogP contribution in [0.4, 0.5) is 0 Å². The summed E-state index contributed by atoms with van der Waals surface area (Å²) in [7, 11) is 0. The molecule has 132 valence electrons. The van der Waals surface area contributed by atoms with Gasteiger partial charge in [0.1, 0.15) is 5.56 Å². The van der Waals surface area contributed by atoms with Crippen molar-refractivity contribution < 1.29 is 15.0 Å². The Morgan fingerprint density at radius 3 is 2.46 bits per heavy atom. The highest BCUT2D eigenvalue weighted by Crippen LogP contribution is 2.43. The van der Waals surface area contributed by atoms with Gasteiger partial charge in [-0.25, -0.2) is 4.79 Å². The highest BCUT2D eigenvalue weighted by Gasteiger charge is 2.29. The van der Waals surface area contributed by atoms with Gasteiger partial charge in [0.2, 0.25) is 0 Å². The zero-order chi connectivity index (χ0) is 18.4. The monoisotopic (exact) mass is 349 g/mol. The topological polar surface area (TPSA) is 79.0 Å². The number of fused-ring (bicyclic) bond motifs is 1. The molecular weight excluding hydrogens is 330 g/mol. The Balaban J connectivity index is 1.99. The molecule has 1 fully saturated rings. The van der Waals surface area contributed by atoms with Crippen molar-refractivity contribution in [3.8, 4) is 11.1 Å². The molecular formula is C21H19NO4. The Hall–Kier alpha value is -2.92. The maximum Gasteiger partial charge on any atom is 0.341 e. The van der Waals surface area contributed by atoms with E-state index in [1.54, 1.807) is 12.3 Å². The van der Waals surface area contributed by atoms with E-state index in [2.05, 4.69) is 0 Å². The van der Waals surface area contributed by atoms with Gasteiger partial charge < -0.3 is 10.2 Å². The molecule has 26 heavy (non-hydrogen) atoms. The van der Waals surface area contributed by atoms with Gasteiger partial charge in [0.25, 0.3) is 5.56 Å². The number of carbonyl (C=O) groups is 1. The minimum Gasteiger partial charge on any atom is -0.477 e. The van der Waals surface area contributed by atoms with Crippen molar-refractivity contribution in [2.75, 3.05) is 0 Å². The van der Waals surface area contributed by atoms with E-state index < -0.39 is 11.5 Å². The van der Waals surface area contributed by atoms with E-state index in [1.165, 1.54) is 4.40 Å². The van der Waals surface area contributed by atoms with Gasteiger partial charge in [-0.1, -0.05) is 24.3 Å². The fourth-order valence-electron chi connectivity index (χ4n) is 3.56. The van der Waals surface area contributed by atoms with Crippen molar-refractivity contribution in [2.24, 2.45) is 0 Å². The summed E-state index contributed by atoms with van der Waals surface area (Å²) in [5, 5.41) is 18.6. The van der Waals surface area contributed by atoms with Gasteiger partial charge in [-0.2, -0.15) is 0 Å². The predicted octanol–water partition coefficient (Wildman–Crippen LogP) is 3.34. The molecule has 5 nitrogen and oxygen atoms in total. The second-order valence-electron chi connectivity index (χ2n) is 6.83. The van der Waals surface area contributed by atoms with E-state index in [0.717, 1.165) is 46.2 Å². The molecule has 0 bridgehead atoms. The van der Waals surface area contributed by atoms with Crippen LogP contribution < -0.4 is 5.56 Å². The number of hydrogen-bond donors (Lipinski definition) is 2. The average molecular weight is 349 g/mol. The molecule has 2 N–H and O–H groups in total. The van der Waals surface area contributed by atoms with E-state index in [1.807, 2.05) is 37.3 Å². The summed E-state index contributed by atoms with van der Waals surface area (Å²) in [5.41, 5.74) is 4.87. The smallest absolute Gasteiger partial charge is 0.341 e. The molecule has 4 rings (SSSR count). The van der Waals surface area contributed by atoms with E-state index in [0.29, 0.717) is 5.92 Å². The fourth-order valence-corrected chi connectivity index (χ4v) is 3.56. The number of carboxylic acid groups (broad SMARTS) is 1. The molecule has 0 saturated heterocycles. The number of nitrogens with zero attached hydrogens (tertiary/aromatic N) is 1. The number of aliphatic hydroxyl groups is 1. The van der Waals surface area contributed by atoms with Crippen molar-refractivity contribution in [1.29, 1.82) is 0 Å². The van der Waals surface area contributed by atoms with E-state index in [9.17, 15) is 19.8 Å². The molecule has 1 aliphatic rings. The first kappa shape index (κ1) is 16.5. The van der Waals surface area contributed by atoms with E-state index in [4.69, 9.17) is 0 Å². The maximum atomic E-state index is 12.6. The summed E-state index contributed by atoms with van der Waals surface area (Å²) < 4.78 is 1.47. The Morgan fingerprint density at radius 1 is 1.19 bits per heavy atom. The van der Waals surface area contributed by atoms with Crippen LogP contribution in [-0.2, 0) is 6.61 Å². The summed E-state index contributed by atoms with van der Waals surface area (Å²) >= 11 is 0. The molecule has 3 aromatic rings. The summed E-state index contributed by atoms with van der Waals surface area (Å²) in [6.07, 6.45) is 3.70. The Kier molecular flexibility index (Phi) is 3.89. The first-order valence-electron chi connectivity index (χ1n) is 8.63. The molecule has 0 aliphatic heterocycles. The number of benzene rings is 1. The van der Waals surface area contributed by atoms with Gasteiger partial charge in [-0.15, -0.1) is 0 Å². The largest absolute Gasteiger partial charge is 0.477 e. The lowest BCUT2D eigenvalue weighted by molar-refractivity contribution is 0.0694. The van der Waals surface area contributed by atoms with Crippen LogP contribution in [0, 0.1) is 6.92 Å². The molecule has 1 saturated carbocycles. The number of hydrogen-bond acceptors (Lipinski definition) is 3. The fraction of sp³-hybridized carbons (Fsp3) is 0.238. The second-order valence-corrected chi connectivity index (χ2v) is 6.83. The standard InChI is InChI=1S/C21H19NO4/c1-12-16(14-4-2-13(11-23)3-5-14)8-9-22-19(12)17(15-6-7-15)10-18(20(22)24)21(25)26/h2-5,8-10,15,23H,6-7,11H2,1H3,(H,25,26). The van der Waals surface area contributed by atoms with Crippen LogP contribution in [0.3, 0.4) is 0 Å². The summed E-state index contributed by atoms with van der Waals surface area (Å²) in [6.45, 7) is 1.96. The number of rotatable bonds is 4. The maximum absolute atomic E-state index is 12.6. The summed E-state index contributed by atoms with van der Waals surface area (Å²) in [6, 6.07) is 11.1. The lowest BCUT2D eigenvalue weighted by atomic mass is 9.96. The number of aryl methyl sites for hydroxylation is 1. The molecule has 1 aliphatic carbocycles. The molecule has 1 aromatic carbocycles. The summed E-state index contributed by atoms with van der Waals surface area (Å²) in [5.74, 6) is -0.873. The van der Waals surface area contributed by atoms with Gasteiger partial charge in [0, 0.05) is 6.20 Å². The van der Waals surface area contributed by atoms with Crippen molar-refractivity contribution in [3.63, 3.8) is 0 Å². The normalized spacial score (nSPS) is 13.9. The third-order valence-electron chi connectivity index (χ3n) is 5.11. The molecule has 0 amide bonds. The highest BCUT2D eigenvalue weighted by molar-refractivity contribution is 5.89. The van der Waals surface area contributed by atoms with Crippen LogP contribution in [0.15, 0.2) is 47.4 Å². The van der Waals surface area contributed by atoms with Gasteiger partial charge in [-0.3, -0.25) is 9.20 Å². The second kappa shape index (κ2) is 6.11. The number of carboxylic acids is 1. The van der Waals surface area contributed by atoms with Crippen molar-refractivity contribution >= 4 is 11.5 Å². The molecule has 2 heterocycles. The number of aromatic carboxylic acids is 1. The van der Waals surface area contributed by atoms with Gasteiger partial charge >= 0.3 is 5.97 Å². The van der Waals surface area contributed by atoms with Crippen LogP contribution in [0.1, 0.15) is 45.8 Å². The zero-order valence-electron chi connectivity index (χ0n) is 14.4. The average Bonchev–Trinajstić information content (AvgIpc) is 3.47. The minimum absolute atomic E-state index is 0.00380. The molecule has 0 atom stereocenters. The molecule has 0 radical (unpaired) electrons. The van der Waals surface area contributed by atoms with Crippen molar-refractivity contribution in [3.05, 3.63) is 75.2 Å². The predicted molar refractivity (Wildman–Crippen MR) is 98.7 cm³/mol. The SMILES string of the molecule is Cc1c(-c2ccc(CO)cc2)ccn2c(=O)c(C(=O)O)cc(C3CC3)c12. The van der Waals surface area contributed by atoms with Crippen LogP contribution in [0.5, 0.6) is 0 Å². The minimum atomic E-state index is -1.19. The first-order chi connectivity index (χ1) is 12.5. The molecule has 2 aromatic heterocycles. The lowest BCUT2D eigenvalue weighted by Crippen LogP contribution is -2.23. The summed E-state index contributed by atoms with van der Waals surface area (Å²) in [4.78, 5) is 24.1. The van der Waals surface area contributed by atoms with Crippen molar-refractivity contribution in [2.45, 2.75) is 32.3 Å². The number of pyridine rings is 2. The van der Waals surface area contributed by atoms with Crippen LogP contribution in [0.2, 0.25) is 0 Å². The van der Waals surface area contributed by atoms with Crippen molar-refractivity contribution in [1.82, 2.24) is 4.40 Å². The highest BCUT2D eigenvalue weighted by atomic mass is 16.4. The first-order valence-corrected chi connectivity index (χ1v) is 8.63. The molecule has 5 heteroatoms. The number of aromatic nitrogens is 1. The van der Waals surface area contributed by atoms with Gasteiger partial charge in [0.15, 0.2) is 0 Å². The lowest BCUT2D eigenvalue weighted by Gasteiger charge is -2.15. The number of aliphatic hydroxyl groups excluding tert-OH is 1. The van der Waals surface area contributed by atoms with Gasteiger partial charge in [0.05, 0.1) is 12.1 Å². The third-order valence-corrected chi connectivity index (χ3v) is 5.11. The van der Waals surface area contributed by atoms with Gasteiger partial charge in [-0.05, 0) is 65.6 Å². The van der Waals surface area contributed by atoms with Crippen LogP contribution in [0.25, 0.3) is 16.6 Å². The molecule has 0 unspecified atom stereocenters. The Bertz CT molecular complexity index is 1080. The third kappa shape index (κ3) is 2.61. The Labute approximate surface area is 150 Å². The zero-order valence-corrected chi connectivity index (χ0v) is 14.4. The van der Waals surface area contributed by atoms with Crippen LogP contribution >= 0.6 is 0 Å². The van der Waals surface area contributed by atoms with Crippen LogP contribution in [-0.4, -0.2) is 20.6 Å². The Morgan fingerprint density at radius 2 is 1.88 bits per heavy atom. The molecule has 0 spiro atoms.